The van der Waals surface area contributed by atoms with Gasteiger partial charge in [0.25, 0.3) is 0 Å². The number of rotatable bonds is 8. The molecule has 0 atom stereocenters. The summed E-state index contributed by atoms with van der Waals surface area (Å²) in [6, 6.07) is 21.5. The van der Waals surface area contributed by atoms with Gasteiger partial charge in [0, 0.05) is 17.0 Å². The van der Waals surface area contributed by atoms with Crippen molar-refractivity contribution in [2.75, 3.05) is 0 Å². The third-order valence-electron chi connectivity index (χ3n) is 4.24. The second-order valence-corrected chi connectivity index (χ2v) is 9.20. The first-order valence-electron chi connectivity index (χ1n) is 9.24. The molecule has 3 rings (SSSR count). The molecule has 0 aliphatic carbocycles. The molecule has 0 saturated carbocycles. The first-order valence-corrected chi connectivity index (χ1v) is 11.8. The van der Waals surface area contributed by atoms with Crippen LogP contribution in [0.25, 0.3) is 0 Å². The molecular formula is C23H19ClI2N2O2. The quantitative estimate of drug-likeness (QED) is 0.180. The Morgan fingerprint density at radius 1 is 1.03 bits per heavy atom. The van der Waals surface area contributed by atoms with E-state index in [1.807, 2.05) is 66.7 Å². The maximum atomic E-state index is 12.0. The Hall–Kier alpha value is -1.65. The van der Waals surface area contributed by atoms with Crippen molar-refractivity contribution in [2.45, 2.75) is 19.4 Å². The summed E-state index contributed by atoms with van der Waals surface area (Å²) >= 11 is 10.7. The SMILES string of the molecule is O=C(CCc1ccccc1)N/N=C\c1cc(I)c(OCc2ccccc2Cl)c(I)c1. The van der Waals surface area contributed by atoms with Crippen LogP contribution in [0.15, 0.2) is 71.8 Å². The summed E-state index contributed by atoms with van der Waals surface area (Å²) in [7, 11) is 0. The van der Waals surface area contributed by atoms with Crippen LogP contribution in [0.1, 0.15) is 23.1 Å². The smallest absolute Gasteiger partial charge is 0.240 e. The lowest BCUT2D eigenvalue weighted by Crippen LogP contribution is -2.17. The fourth-order valence-corrected chi connectivity index (χ4v) is 5.01. The topological polar surface area (TPSA) is 50.7 Å². The number of aryl methyl sites for hydroxylation is 1. The van der Waals surface area contributed by atoms with Crippen LogP contribution in [0.5, 0.6) is 5.75 Å². The van der Waals surface area contributed by atoms with E-state index < -0.39 is 0 Å². The zero-order valence-electron chi connectivity index (χ0n) is 15.9. The van der Waals surface area contributed by atoms with E-state index in [0.29, 0.717) is 24.5 Å². The number of hydrogen-bond acceptors (Lipinski definition) is 3. The molecule has 3 aromatic rings. The van der Waals surface area contributed by atoms with Crippen molar-refractivity contribution in [1.29, 1.82) is 0 Å². The lowest BCUT2D eigenvalue weighted by atomic mass is 10.1. The van der Waals surface area contributed by atoms with E-state index in [0.717, 1.165) is 29.6 Å². The molecule has 0 saturated heterocycles. The van der Waals surface area contributed by atoms with Crippen LogP contribution in [0.2, 0.25) is 5.02 Å². The van der Waals surface area contributed by atoms with E-state index in [2.05, 4.69) is 55.7 Å². The third-order valence-corrected chi connectivity index (χ3v) is 6.21. The van der Waals surface area contributed by atoms with Crippen LogP contribution in [0, 0.1) is 7.14 Å². The predicted octanol–water partition coefficient (Wildman–Crippen LogP) is 6.21. The summed E-state index contributed by atoms with van der Waals surface area (Å²) < 4.78 is 7.92. The van der Waals surface area contributed by atoms with Crippen LogP contribution < -0.4 is 10.2 Å². The van der Waals surface area contributed by atoms with Gasteiger partial charge in [0.05, 0.1) is 13.4 Å². The fraction of sp³-hybridized carbons (Fsp3) is 0.130. The first-order chi connectivity index (χ1) is 14.5. The Labute approximate surface area is 208 Å². The average Bonchev–Trinajstić information content (AvgIpc) is 2.73. The molecular weight excluding hydrogens is 626 g/mol. The summed E-state index contributed by atoms with van der Waals surface area (Å²) in [5.41, 5.74) is 5.55. The molecule has 0 spiro atoms. The third kappa shape index (κ3) is 6.95. The molecule has 0 heterocycles. The van der Waals surface area contributed by atoms with Crippen molar-refractivity contribution < 1.29 is 9.53 Å². The second-order valence-electron chi connectivity index (χ2n) is 6.47. The summed E-state index contributed by atoms with van der Waals surface area (Å²) in [6.45, 7) is 0.399. The van der Waals surface area contributed by atoms with Gasteiger partial charge in [-0.1, -0.05) is 60.1 Å². The second kappa shape index (κ2) is 11.7. The van der Waals surface area contributed by atoms with Crippen molar-refractivity contribution in [3.63, 3.8) is 0 Å². The lowest BCUT2D eigenvalue weighted by Gasteiger charge is -2.12. The van der Waals surface area contributed by atoms with Gasteiger partial charge in [0.15, 0.2) is 0 Å². The molecule has 0 aromatic heterocycles. The van der Waals surface area contributed by atoms with Crippen LogP contribution >= 0.6 is 56.8 Å². The number of hydrazone groups is 1. The maximum Gasteiger partial charge on any atom is 0.240 e. The van der Waals surface area contributed by atoms with Crippen molar-refractivity contribution in [2.24, 2.45) is 5.10 Å². The van der Waals surface area contributed by atoms with Gasteiger partial charge in [-0.2, -0.15) is 5.10 Å². The molecule has 0 unspecified atom stereocenters. The van der Waals surface area contributed by atoms with E-state index in [9.17, 15) is 4.79 Å². The van der Waals surface area contributed by atoms with Crippen molar-refractivity contribution in [3.05, 3.63) is 95.6 Å². The molecule has 3 aromatic carbocycles. The van der Waals surface area contributed by atoms with E-state index in [1.165, 1.54) is 0 Å². The van der Waals surface area contributed by atoms with E-state index in [-0.39, 0.29) is 5.91 Å². The number of ether oxygens (including phenoxy) is 1. The molecule has 1 N–H and O–H groups in total. The molecule has 4 nitrogen and oxygen atoms in total. The fourth-order valence-electron chi connectivity index (χ4n) is 2.69. The van der Waals surface area contributed by atoms with Gasteiger partial charge in [-0.05, 0) is 80.9 Å². The normalized spacial score (nSPS) is 10.9. The van der Waals surface area contributed by atoms with Gasteiger partial charge in [-0.25, -0.2) is 5.43 Å². The highest BCUT2D eigenvalue weighted by Crippen LogP contribution is 2.30. The molecule has 0 aliphatic heterocycles. The Balaban J connectivity index is 1.55. The van der Waals surface area contributed by atoms with Crippen LogP contribution in [-0.4, -0.2) is 12.1 Å². The van der Waals surface area contributed by atoms with Crippen molar-refractivity contribution >= 4 is 68.9 Å². The van der Waals surface area contributed by atoms with Gasteiger partial charge in [-0.15, -0.1) is 0 Å². The maximum absolute atomic E-state index is 12.0. The van der Waals surface area contributed by atoms with Gasteiger partial charge >= 0.3 is 0 Å². The lowest BCUT2D eigenvalue weighted by molar-refractivity contribution is -0.121. The van der Waals surface area contributed by atoms with E-state index >= 15 is 0 Å². The number of hydrogen-bond donors (Lipinski definition) is 1. The largest absolute Gasteiger partial charge is 0.487 e. The number of carbonyl (C=O) groups excluding carboxylic acids is 1. The summed E-state index contributed by atoms with van der Waals surface area (Å²) in [5.74, 6) is 0.694. The van der Waals surface area contributed by atoms with Crippen LogP contribution in [0.3, 0.4) is 0 Å². The first kappa shape index (κ1) is 23.0. The van der Waals surface area contributed by atoms with Crippen LogP contribution in [0.4, 0.5) is 0 Å². The number of halogens is 3. The zero-order chi connectivity index (χ0) is 21.3. The molecule has 0 fully saturated rings. The highest BCUT2D eigenvalue weighted by atomic mass is 127. The molecule has 154 valence electrons. The van der Waals surface area contributed by atoms with Crippen molar-refractivity contribution in [1.82, 2.24) is 5.43 Å². The van der Waals surface area contributed by atoms with Gasteiger partial charge in [0.1, 0.15) is 12.4 Å². The molecule has 0 aliphatic rings. The zero-order valence-corrected chi connectivity index (χ0v) is 21.0. The molecule has 1 amide bonds. The van der Waals surface area contributed by atoms with Gasteiger partial charge < -0.3 is 4.74 Å². The number of amides is 1. The molecule has 7 heteroatoms. The van der Waals surface area contributed by atoms with E-state index in [1.54, 1.807) is 6.21 Å². The van der Waals surface area contributed by atoms with Gasteiger partial charge in [0.2, 0.25) is 5.91 Å². The highest BCUT2D eigenvalue weighted by Gasteiger charge is 2.10. The van der Waals surface area contributed by atoms with Gasteiger partial charge in [-0.3, -0.25) is 4.79 Å². The number of benzene rings is 3. The predicted molar refractivity (Wildman–Crippen MR) is 138 cm³/mol. The van der Waals surface area contributed by atoms with Crippen molar-refractivity contribution in [3.8, 4) is 5.75 Å². The monoisotopic (exact) mass is 644 g/mol. The minimum absolute atomic E-state index is 0.112. The average molecular weight is 645 g/mol. The Kier molecular flexibility index (Phi) is 8.95. The minimum atomic E-state index is -0.112. The Morgan fingerprint density at radius 2 is 1.70 bits per heavy atom. The number of nitrogens with one attached hydrogen (secondary N) is 1. The van der Waals surface area contributed by atoms with E-state index in [4.69, 9.17) is 16.3 Å². The number of carbonyl (C=O) groups is 1. The number of nitrogens with zero attached hydrogens (tertiary/aromatic N) is 1. The van der Waals surface area contributed by atoms with Crippen LogP contribution in [-0.2, 0) is 17.8 Å². The minimum Gasteiger partial charge on any atom is -0.487 e. The molecule has 0 radical (unpaired) electrons. The summed E-state index contributed by atoms with van der Waals surface area (Å²) in [5, 5.41) is 4.77. The Morgan fingerprint density at radius 3 is 2.40 bits per heavy atom. The Bertz CT molecular complexity index is 1020. The molecule has 30 heavy (non-hydrogen) atoms. The summed E-state index contributed by atoms with van der Waals surface area (Å²) in [4.78, 5) is 12.0. The highest BCUT2D eigenvalue weighted by molar-refractivity contribution is 14.1. The summed E-state index contributed by atoms with van der Waals surface area (Å²) in [6.07, 6.45) is 2.73. The standard InChI is InChI=1S/C23H19ClI2N2O2/c24-19-9-5-4-8-18(19)15-30-23-20(25)12-17(13-21(23)26)14-27-28-22(29)11-10-16-6-2-1-3-7-16/h1-9,12-14H,10-11,15H2,(H,28,29)/b27-14-. The molecule has 0 bridgehead atoms.